The van der Waals surface area contributed by atoms with Gasteiger partial charge in [-0.15, -0.1) is 0 Å². The third kappa shape index (κ3) is 5.67. The van der Waals surface area contributed by atoms with Gasteiger partial charge in [0.2, 0.25) is 0 Å². The summed E-state index contributed by atoms with van der Waals surface area (Å²) >= 11 is 0. The Bertz CT molecular complexity index is 722. The van der Waals surface area contributed by atoms with E-state index in [1.807, 2.05) is 30.5 Å². The molecule has 3 heteroatoms. The van der Waals surface area contributed by atoms with Crippen LogP contribution in [0.1, 0.15) is 50.2 Å². The summed E-state index contributed by atoms with van der Waals surface area (Å²) in [6.45, 7) is 6.12. The first kappa shape index (κ1) is 19.6. The van der Waals surface area contributed by atoms with Gasteiger partial charge in [0.15, 0.2) is 0 Å². The Morgan fingerprint density at radius 3 is 2.56 bits per heavy atom. The summed E-state index contributed by atoms with van der Waals surface area (Å²) in [4.78, 5) is 4.70. The molecule has 1 heterocycles. The molecule has 0 saturated carbocycles. The van der Waals surface area contributed by atoms with E-state index in [1.54, 1.807) is 7.11 Å². The summed E-state index contributed by atoms with van der Waals surface area (Å²) in [5.74, 6) is 2.05. The highest BCUT2D eigenvalue weighted by atomic mass is 16.5. The minimum absolute atomic E-state index is 0.0255. The van der Waals surface area contributed by atoms with E-state index in [-0.39, 0.29) is 5.60 Å². The maximum Gasteiger partial charge on any atom is 0.118 e. The highest BCUT2D eigenvalue weighted by Crippen LogP contribution is 2.39. The number of rotatable bonds is 7. The third-order valence-electron chi connectivity index (χ3n) is 5.46. The van der Waals surface area contributed by atoms with Crippen LogP contribution in [0.25, 0.3) is 0 Å². The van der Waals surface area contributed by atoms with Crippen LogP contribution in [0.2, 0.25) is 0 Å². The number of hydrogen-bond acceptors (Lipinski definition) is 3. The first-order valence-electron chi connectivity index (χ1n) is 9.90. The zero-order chi connectivity index (χ0) is 19.1. The second-order valence-corrected chi connectivity index (χ2v) is 7.98. The van der Waals surface area contributed by atoms with Crippen LogP contribution < -0.4 is 4.74 Å². The Hall–Kier alpha value is -2.13. The van der Waals surface area contributed by atoms with Gasteiger partial charge in [-0.25, -0.2) is 0 Å². The molecule has 0 spiro atoms. The minimum Gasteiger partial charge on any atom is -0.497 e. The molecule has 1 aliphatic heterocycles. The SMILES string of the molecule is COc1ccc(C=NCC[C@H](c2ccccc2)[C@@H]2CCOC(C)(C)C2)cc1. The number of ether oxygens (including phenoxy) is 2. The largest absolute Gasteiger partial charge is 0.497 e. The molecule has 2 aromatic rings. The molecule has 0 unspecified atom stereocenters. The number of nitrogens with zero attached hydrogens (tertiary/aromatic N) is 1. The smallest absolute Gasteiger partial charge is 0.118 e. The maximum absolute atomic E-state index is 5.94. The monoisotopic (exact) mass is 365 g/mol. The van der Waals surface area contributed by atoms with Gasteiger partial charge in [-0.05, 0) is 80.3 Å². The van der Waals surface area contributed by atoms with Gasteiger partial charge in [0, 0.05) is 19.4 Å². The Morgan fingerprint density at radius 2 is 1.89 bits per heavy atom. The van der Waals surface area contributed by atoms with Gasteiger partial charge >= 0.3 is 0 Å². The van der Waals surface area contributed by atoms with Crippen molar-refractivity contribution in [3.63, 3.8) is 0 Å². The molecule has 3 nitrogen and oxygen atoms in total. The predicted octanol–water partition coefficient (Wildman–Crippen LogP) is 5.49. The number of hydrogen-bond donors (Lipinski definition) is 0. The topological polar surface area (TPSA) is 30.8 Å². The van der Waals surface area contributed by atoms with Gasteiger partial charge in [-0.1, -0.05) is 30.3 Å². The molecule has 27 heavy (non-hydrogen) atoms. The third-order valence-corrected chi connectivity index (χ3v) is 5.46. The minimum atomic E-state index is -0.0255. The summed E-state index contributed by atoms with van der Waals surface area (Å²) in [6.07, 6.45) is 5.27. The fourth-order valence-electron chi connectivity index (χ4n) is 4.07. The molecule has 0 aromatic heterocycles. The van der Waals surface area contributed by atoms with Crippen molar-refractivity contribution in [3.8, 4) is 5.75 Å². The van der Waals surface area contributed by atoms with Crippen molar-refractivity contribution >= 4 is 6.21 Å². The average molecular weight is 366 g/mol. The molecular weight excluding hydrogens is 334 g/mol. The molecule has 0 radical (unpaired) electrons. The first-order valence-corrected chi connectivity index (χ1v) is 9.90. The summed E-state index contributed by atoms with van der Waals surface area (Å²) in [6, 6.07) is 18.9. The van der Waals surface area contributed by atoms with Crippen LogP contribution in [0.4, 0.5) is 0 Å². The fourth-order valence-corrected chi connectivity index (χ4v) is 4.07. The summed E-state index contributed by atoms with van der Waals surface area (Å²) in [7, 11) is 1.68. The second kappa shape index (κ2) is 9.18. The lowest BCUT2D eigenvalue weighted by atomic mass is 9.75. The van der Waals surface area contributed by atoms with Crippen LogP contribution in [0.5, 0.6) is 5.75 Å². The van der Waals surface area contributed by atoms with E-state index in [4.69, 9.17) is 14.5 Å². The lowest BCUT2D eigenvalue weighted by Crippen LogP contribution is -2.36. The van der Waals surface area contributed by atoms with Crippen molar-refractivity contribution in [2.75, 3.05) is 20.3 Å². The summed E-state index contributed by atoms with van der Waals surface area (Å²) in [5, 5.41) is 0. The van der Waals surface area contributed by atoms with Crippen molar-refractivity contribution < 1.29 is 9.47 Å². The number of methoxy groups -OCH3 is 1. The molecule has 0 bridgehead atoms. The van der Waals surface area contributed by atoms with Gasteiger partial charge in [0.05, 0.1) is 12.7 Å². The zero-order valence-electron chi connectivity index (χ0n) is 16.7. The van der Waals surface area contributed by atoms with Gasteiger partial charge in [0.1, 0.15) is 5.75 Å². The molecule has 0 amide bonds. The summed E-state index contributed by atoms with van der Waals surface area (Å²) < 4.78 is 11.1. The zero-order valence-corrected chi connectivity index (χ0v) is 16.7. The molecule has 3 rings (SSSR count). The Balaban J connectivity index is 1.65. The van der Waals surface area contributed by atoms with Crippen LogP contribution in [-0.2, 0) is 4.74 Å². The normalized spacial score (nSPS) is 20.5. The Kier molecular flexibility index (Phi) is 6.68. The molecule has 144 valence electrons. The Morgan fingerprint density at radius 1 is 1.15 bits per heavy atom. The van der Waals surface area contributed by atoms with Gasteiger partial charge in [-0.2, -0.15) is 0 Å². The van der Waals surface area contributed by atoms with E-state index in [9.17, 15) is 0 Å². The molecule has 1 fully saturated rings. The van der Waals surface area contributed by atoms with Crippen LogP contribution >= 0.6 is 0 Å². The van der Waals surface area contributed by atoms with E-state index in [1.165, 1.54) is 5.56 Å². The average Bonchev–Trinajstić information content (AvgIpc) is 2.68. The van der Waals surface area contributed by atoms with E-state index >= 15 is 0 Å². The Labute approximate surface area is 163 Å². The van der Waals surface area contributed by atoms with Crippen molar-refractivity contribution in [2.45, 2.75) is 44.6 Å². The molecule has 2 aromatic carbocycles. The van der Waals surface area contributed by atoms with Gasteiger partial charge < -0.3 is 9.47 Å². The maximum atomic E-state index is 5.94. The quantitative estimate of drug-likeness (QED) is 0.607. The van der Waals surface area contributed by atoms with Gasteiger partial charge in [-0.3, -0.25) is 4.99 Å². The molecule has 0 aliphatic carbocycles. The lowest BCUT2D eigenvalue weighted by Gasteiger charge is -2.39. The molecule has 2 atom stereocenters. The van der Waals surface area contributed by atoms with Crippen molar-refractivity contribution in [1.29, 1.82) is 0 Å². The first-order chi connectivity index (χ1) is 13.1. The van der Waals surface area contributed by atoms with Gasteiger partial charge in [0.25, 0.3) is 0 Å². The predicted molar refractivity (Wildman–Crippen MR) is 112 cm³/mol. The van der Waals surface area contributed by atoms with Crippen molar-refractivity contribution in [2.24, 2.45) is 10.9 Å². The van der Waals surface area contributed by atoms with Crippen LogP contribution in [0, 0.1) is 5.92 Å². The molecule has 1 saturated heterocycles. The fraction of sp³-hybridized carbons (Fsp3) is 0.458. The van der Waals surface area contributed by atoms with Crippen LogP contribution in [0.15, 0.2) is 59.6 Å². The molecule has 0 N–H and O–H groups in total. The highest BCUT2D eigenvalue weighted by molar-refractivity contribution is 5.79. The van der Waals surface area contributed by atoms with E-state index < -0.39 is 0 Å². The van der Waals surface area contributed by atoms with Crippen molar-refractivity contribution in [1.82, 2.24) is 0 Å². The lowest BCUT2D eigenvalue weighted by molar-refractivity contribution is -0.0771. The number of aliphatic imine (C=N–C) groups is 1. The molecule has 1 aliphatic rings. The van der Waals surface area contributed by atoms with E-state index in [2.05, 4.69) is 44.2 Å². The van der Waals surface area contributed by atoms with Crippen molar-refractivity contribution in [3.05, 3.63) is 65.7 Å². The van der Waals surface area contributed by atoms with Crippen LogP contribution in [0.3, 0.4) is 0 Å². The number of benzene rings is 2. The second-order valence-electron chi connectivity index (χ2n) is 7.98. The van der Waals surface area contributed by atoms with E-state index in [0.29, 0.717) is 11.8 Å². The summed E-state index contributed by atoms with van der Waals surface area (Å²) in [5.41, 5.74) is 2.52. The molecular formula is C24H31NO2. The highest BCUT2D eigenvalue weighted by Gasteiger charge is 2.33. The van der Waals surface area contributed by atoms with Crippen LogP contribution in [-0.4, -0.2) is 32.1 Å². The standard InChI is InChI=1S/C24H31NO2/c1-24(2)17-21(14-16-27-24)23(20-7-5-4-6-8-20)13-15-25-18-19-9-11-22(26-3)12-10-19/h4-12,18,21,23H,13-17H2,1-3H3/t21-,23-/m1/s1. The van der Waals surface area contributed by atoms with E-state index in [0.717, 1.165) is 43.7 Å².